The molecule has 0 aromatic carbocycles. The van der Waals surface area contributed by atoms with Gasteiger partial charge in [-0.2, -0.15) is 5.10 Å². The van der Waals surface area contributed by atoms with Crippen molar-refractivity contribution in [3.63, 3.8) is 0 Å². The van der Waals surface area contributed by atoms with E-state index in [4.69, 9.17) is 0 Å². The van der Waals surface area contributed by atoms with Crippen LogP contribution < -0.4 is 0 Å². The highest BCUT2D eigenvalue weighted by atomic mass is 16.2. The summed E-state index contributed by atoms with van der Waals surface area (Å²) in [7, 11) is 3.36. The second-order valence-corrected chi connectivity index (χ2v) is 6.98. The van der Waals surface area contributed by atoms with Crippen LogP contribution in [0, 0.1) is 11.3 Å². The zero-order valence-corrected chi connectivity index (χ0v) is 14.3. The maximum atomic E-state index is 12.9. The van der Waals surface area contributed by atoms with Crippen LogP contribution in [0.3, 0.4) is 0 Å². The summed E-state index contributed by atoms with van der Waals surface area (Å²) in [5.74, 6) is -0.162. The molecular weight excluding hydrogens is 310 g/mol. The molecule has 0 radical (unpaired) electrons. The summed E-state index contributed by atoms with van der Waals surface area (Å²) in [4.78, 5) is 42.2. The van der Waals surface area contributed by atoms with Gasteiger partial charge in [0.25, 0.3) is 5.91 Å². The lowest BCUT2D eigenvalue weighted by molar-refractivity contribution is -0.142. The van der Waals surface area contributed by atoms with Crippen LogP contribution in [-0.4, -0.2) is 82.9 Å². The van der Waals surface area contributed by atoms with E-state index in [0.717, 1.165) is 0 Å². The first-order chi connectivity index (χ1) is 11.3. The second-order valence-electron chi connectivity index (χ2n) is 6.98. The molecule has 2 aliphatic rings. The van der Waals surface area contributed by atoms with E-state index in [1.54, 1.807) is 30.0 Å². The Hall–Kier alpha value is -2.38. The van der Waals surface area contributed by atoms with Crippen molar-refractivity contribution in [3.8, 4) is 0 Å². The Morgan fingerprint density at radius 1 is 1.46 bits per heavy atom. The number of carbonyl (C=O) groups excluding carboxylic acids is 3. The normalized spacial score (nSPS) is 26.5. The summed E-state index contributed by atoms with van der Waals surface area (Å²) in [6.45, 7) is 3.62. The third-order valence-corrected chi connectivity index (χ3v) is 5.29. The quantitative estimate of drug-likeness (QED) is 0.830. The van der Waals surface area contributed by atoms with Gasteiger partial charge in [0.2, 0.25) is 11.8 Å². The van der Waals surface area contributed by atoms with Crippen molar-refractivity contribution >= 4 is 17.7 Å². The van der Waals surface area contributed by atoms with E-state index >= 15 is 0 Å². The Morgan fingerprint density at radius 2 is 2.21 bits per heavy atom. The van der Waals surface area contributed by atoms with Crippen LogP contribution in [-0.2, 0) is 9.59 Å². The van der Waals surface area contributed by atoms with Gasteiger partial charge in [-0.1, -0.05) is 6.92 Å². The van der Waals surface area contributed by atoms with E-state index in [-0.39, 0.29) is 30.2 Å². The minimum absolute atomic E-state index is 0.00916. The summed E-state index contributed by atoms with van der Waals surface area (Å²) in [6.07, 6.45) is 2.22. The summed E-state index contributed by atoms with van der Waals surface area (Å²) < 4.78 is 0. The molecule has 2 fully saturated rings. The van der Waals surface area contributed by atoms with Gasteiger partial charge in [-0.25, -0.2) is 0 Å². The molecule has 0 unspecified atom stereocenters. The maximum absolute atomic E-state index is 12.9. The molecule has 1 spiro atoms. The number of amides is 3. The molecule has 3 heterocycles. The number of hydrogen-bond acceptors (Lipinski definition) is 4. The molecule has 3 amide bonds. The highest BCUT2D eigenvalue weighted by Crippen LogP contribution is 2.44. The Kier molecular flexibility index (Phi) is 4.06. The highest BCUT2D eigenvalue weighted by Gasteiger charge is 2.56. The number of carbonyl (C=O) groups is 3. The van der Waals surface area contributed by atoms with Crippen LogP contribution in [0.4, 0.5) is 0 Å². The third kappa shape index (κ3) is 2.55. The van der Waals surface area contributed by atoms with Gasteiger partial charge in [0.05, 0.1) is 12.0 Å². The molecule has 2 atom stereocenters. The molecule has 8 heteroatoms. The molecular formula is C16H23N5O3. The molecule has 2 aliphatic heterocycles. The van der Waals surface area contributed by atoms with E-state index in [1.807, 2.05) is 6.92 Å². The van der Waals surface area contributed by atoms with Crippen molar-refractivity contribution in [2.75, 3.05) is 40.3 Å². The fourth-order valence-corrected chi connectivity index (χ4v) is 3.68. The van der Waals surface area contributed by atoms with Gasteiger partial charge in [-0.05, 0) is 18.4 Å². The Bertz CT molecular complexity index is 657. The molecule has 1 N–H and O–H groups in total. The van der Waals surface area contributed by atoms with Crippen LogP contribution in [0.1, 0.15) is 23.8 Å². The first-order valence-corrected chi connectivity index (χ1v) is 8.13. The van der Waals surface area contributed by atoms with Gasteiger partial charge < -0.3 is 14.7 Å². The number of hydrogen-bond donors (Lipinski definition) is 1. The summed E-state index contributed by atoms with van der Waals surface area (Å²) in [5.41, 5.74) is -0.133. The van der Waals surface area contributed by atoms with E-state index < -0.39 is 5.41 Å². The van der Waals surface area contributed by atoms with Crippen molar-refractivity contribution in [1.82, 2.24) is 24.9 Å². The van der Waals surface area contributed by atoms with Crippen molar-refractivity contribution in [2.24, 2.45) is 11.3 Å². The predicted octanol–water partition coefficient (Wildman–Crippen LogP) is -0.191. The minimum Gasteiger partial charge on any atom is -0.347 e. The third-order valence-electron chi connectivity index (χ3n) is 5.29. The standard InChI is InChI=1S/C16H23N5O3/c1-11-8-21(14(23)12-4-6-17-18-12)10-16(11)5-7-20(15(16)24)9-13(22)19(2)3/h4,6,11H,5,7-10H2,1-3H3,(H,17,18)/t11-,16-/m1/s1. The summed E-state index contributed by atoms with van der Waals surface area (Å²) in [5, 5.41) is 6.49. The molecule has 1 aromatic heterocycles. The smallest absolute Gasteiger partial charge is 0.271 e. The number of aromatic amines is 1. The van der Waals surface area contributed by atoms with Gasteiger partial charge in [-0.3, -0.25) is 19.5 Å². The lowest BCUT2D eigenvalue weighted by Gasteiger charge is -2.26. The van der Waals surface area contributed by atoms with Gasteiger partial charge in [0.15, 0.2) is 0 Å². The van der Waals surface area contributed by atoms with E-state index in [9.17, 15) is 14.4 Å². The van der Waals surface area contributed by atoms with E-state index in [2.05, 4.69) is 10.2 Å². The average molecular weight is 333 g/mol. The van der Waals surface area contributed by atoms with Gasteiger partial charge in [0, 0.05) is 39.9 Å². The van der Waals surface area contributed by atoms with Gasteiger partial charge in [0.1, 0.15) is 5.69 Å². The number of likely N-dealkylation sites (tertiary alicyclic amines) is 2. The second kappa shape index (κ2) is 5.92. The average Bonchev–Trinajstić information content (AvgIpc) is 3.24. The lowest BCUT2D eigenvalue weighted by Crippen LogP contribution is -2.43. The number of rotatable bonds is 3. The van der Waals surface area contributed by atoms with Crippen molar-refractivity contribution < 1.29 is 14.4 Å². The molecule has 8 nitrogen and oxygen atoms in total. The number of aromatic nitrogens is 2. The predicted molar refractivity (Wildman–Crippen MR) is 86.0 cm³/mol. The molecule has 3 rings (SSSR count). The van der Waals surface area contributed by atoms with Crippen molar-refractivity contribution in [2.45, 2.75) is 13.3 Å². The molecule has 1 aromatic rings. The Balaban J connectivity index is 1.73. The fraction of sp³-hybridized carbons (Fsp3) is 0.625. The minimum atomic E-state index is -0.567. The highest BCUT2D eigenvalue weighted by molar-refractivity contribution is 5.95. The first-order valence-electron chi connectivity index (χ1n) is 8.13. The Morgan fingerprint density at radius 3 is 2.83 bits per heavy atom. The molecule has 0 saturated carbocycles. The van der Waals surface area contributed by atoms with E-state index in [0.29, 0.717) is 31.7 Å². The number of H-pyrrole nitrogens is 1. The molecule has 2 saturated heterocycles. The first kappa shape index (κ1) is 16.5. The van der Waals surface area contributed by atoms with Crippen molar-refractivity contribution in [3.05, 3.63) is 18.0 Å². The SMILES string of the molecule is C[C@@H]1CN(C(=O)c2ccn[nH]2)C[C@]12CCN(CC(=O)N(C)C)C2=O. The number of likely N-dealkylation sites (N-methyl/N-ethyl adjacent to an activating group) is 1. The summed E-state index contributed by atoms with van der Waals surface area (Å²) >= 11 is 0. The monoisotopic (exact) mass is 333 g/mol. The van der Waals surface area contributed by atoms with Gasteiger partial charge >= 0.3 is 0 Å². The van der Waals surface area contributed by atoms with E-state index in [1.165, 1.54) is 11.1 Å². The van der Waals surface area contributed by atoms with Crippen molar-refractivity contribution in [1.29, 1.82) is 0 Å². The topological polar surface area (TPSA) is 89.6 Å². The lowest BCUT2D eigenvalue weighted by atomic mass is 9.78. The molecule has 0 aliphatic carbocycles. The molecule has 130 valence electrons. The zero-order valence-electron chi connectivity index (χ0n) is 14.3. The summed E-state index contributed by atoms with van der Waals surface area (Å²) in [6, 6.07) is 1.64. The van der Waals surface area contributed by atoms with Crippen LogP contribution in [0.25, 0.3) is 0 Å². The maximum Gasteiger partial charge on any atom is 0.271 e. The van der Waals surface area contributed by atoms with Crippen LogP contribution in [0.2, 0.25) is 0 Å². The number of nitrogens with one attached hydrogen (secondary N) is 1. The Labute approximate surface area is 140 Å². The molecule has 24 heavy (non-hydrogen) atoms. The largest absolute Gasteiger partial charge is 0.347 e. The van der Waals surface area contributed by atoms with Crippen LogP contribution in [0.15, 0.2) is 12.3 Å². The van der Waals surface area contributed by atoms with Crippen LogP contribution in [0.5, 0.6) is 0 Å². The van der Waals surface area contributed by atoms with Crippen LogP contribution >= 0.6 is 0 Å². The number of nitrogens with zero attached hydrogens (tertiary/aromatic N) is 4. The van der Waals surface area contributed by atoms with Gasteiger partial charge in [-0.15, -0.1) is 0 Å². The molecule has 0 bridgehead atoms. The fourth-order valence-electron chi connectivity index (χ4n) is 3.68. The zero-order chi connectivity index (χ0) is 17.5.